The van der Waals surface area contributed by atoms with E-state index in [4.69, 9.17) is 4.74 Å². The first-order valence-electron chi connectivity index (χ1n) is 6.96. The highest BCUT2D eigenvalue weighted by Gasteiger charge is 2.10. The third kappa shape index (κ3) is 3.48. The fourth-order valence-corrected chi connectivity index (χ4v) is 2.06. The summed E-state index contributed by atoms with van der Waals surface area (Å²) in [7, 11) is 0. The fraction of sp³-hybridized carbons (Fsp3) is 0.118. The van der Waals surface area contributed by atoms with Crippen LogP contribution in [0.3, 0.4) is 0 Å². The molecule has 0 spiro atoms. The number of nitrogens with zero attached hydrogens (tertiary/aromatic N) is 3. The van der Waals surface area contributed by atoms with Crippen molar-refractivity contribution in [1.29, 1.82) is 0 Å². The normalized spacial score (nSPS) is 10.6. The van der Waals surface area contributed by atoms with E-state index in [2.05, 4.69) is 15.0 Å². The summed E-state index contributed by atoms with van der Waals surface area (Å²) in [6.07, 6.45) is 1.65. The average molecular weight is 313 g/mol. The number of ether oxygens (including phenoxy) is 1. The molecule has 23 heavy (non-hydrogen) atoms. The highest BCUT2D eigenvalue weighted by molar-refractivity contribution is 5.48. The molecule has 0 N–H and O–H groups in total. The number of aromatic nitrogens is 3. The first kappa shape index (κ1) is 15.0. The molecule has 0 aliphatic heterocycles. The second kappa shape index (κ2) is 6.48. The molecule has 0 unspecified atom stereocenters. The molecular formula is C17H13F2N3O. The van der Waals surface area contributed by atoms with E-state index in [1.54, 1.807) is 24.4 Å². The van der Waals surface area contributed by atoms with Crippen LogP contribution in [0.1, 0.15) is 11.4 Å². The van der Waals surface area contributed by atoms with E-state index in [1.165, 1.54) is 12.1 Å². The number of halogens is 2. The molecule has 0 saturated heterocycles. The minimum Gasteiger partial charge on any atom is -0.484 e. The summed E-state index contributed by atoms with van der Waals surface area (Å²) in [5.74, 6) is -1.65. The van der Waals surface area contributed by atoms with Crippen molar-refractivity contribution >= 4 is 0 Å². The molecule has 0 aliphatic rings. The SMILES string of the molecule is Cc1cc(COc2cccc(F)c2F)nc(-c2ccccn2)n1. The molecule has 0 radical (unpaired) electrons. The minimum atomic E-state index is -1.01. The number of pyridine rings is 1. The lowest BCUT2D eigenvalue weighted by molar-refractivity contribution is 0.280. The van der Waals surface area contributed by atoms with Crippen LogP contribution in [-0.4, -0.2) is 15.0 Å². The van der Waals surface area contributed by atoms with Crippen LogP contribution in [0.2, 0.25) is 0 Å². The zero-order valence-electron chi connectivity index (χ0n) is 12.3. The molecule has 0 aliphatic carbocycles. The van der Waals surface area contributed by atoms with Crippen LogP contribution >= 0.6 is 0 Å². The highest BCUT2D eigenvalue weighted by Crippen LogP contribution is 2.20. The minimum absolute atomic E-state index is 0.00354. The Labute approximate surface area is 131 Å². The van der Waals surface area contributed by atoms with Crippen LogP contribution in [0.25, 0.3) is 11.5 Å². The maximum atomic E-state index is 13.6. The van der Waals surface area contributed by atoms with Crippen LogP contribution in [0.5, 0.6) is 5.75 Å². The van der Waals surface area contributed by atoms with E-state index in [1.807, 2.05) is 13.0 Å². The molecule has 0 saturated carbocycles. The quantitative estimate of drug-likeness (QED) is 0.737. The molecule has 0 amide bonds. The summed E-state index contributed by atoms with van der Waals surface area (Å²) in [5, 5.41) is 0. The number of benzene rings is 1. The monoisotopic (exact) mass is 313 g/mol. The summed E-state index contributed by atoms with van der Waals surface area (Å²) >= 11 is 0. The number of aryl methyl sites for hydroxylation is 1. The van der Waals surface area contributed by atoms with Gasteiger partial charge in [-0.2, -0.15) is 4.39 Å². The van der Waals surface area contributed by atoms with Gasteiger partial charge in [-0.05, 0) is 37.3 Å². The Morgan fingerprint density at radius 1 is 1.04 bits per heavy atom. The van der Waals surface area contributed by atoms with Crippen molar-refractivity contribution in [3.05, 3.63) is 71.7 Å². The lowest BCUT2D eigenvalue weighted by Crippen LogP contribution is -2.04. The van der Waals surface area contributed by atoms with E-state index in [-0.39, 0.29) is 12.4 Å². The summed E-state index contributed by atoms with van der Waals surface area (Å²) in [6, 6.07) is 11.0. The van der Waals surface area contributed by atoms with Crippen LogP contribution in [-0.2, 0) is 6.61 Å². The smallest absolute Gasteiger partial charge is 0.200 e. The molecule has 6 heteroatoms. The Kier molecular flexibility index (Phi) is 4.23. The molecular weight excluding hydrogens is 300 g/mol. The highest BCUT2D eigenvalue weighted by atomic mass is 19.2. The van der Waals surface area contributed by atoms with E-state index in [0.717, 1.165) is 11.8 Å². The van der Waals surface area contributed by atoms with Crippen molar-refractivity contribution in [1.82, 2.24) is 15.0 Å². The zero-order valence-corrected chi connectivity index (χ0v) is 12.3. The third-order valence-electron chi connectivity index (χ3n) is 3.09. The van der Waals surface area contributed by atoms with Crippen molar-refractivity contribution in [3.8, 4) is 17.3 Å². The molecule has 3 rings (SSSR count). The van der Waals surface area contributed by atoms with E-state index in [9.17, 15) is 8.78 Å². The Bertz CT molecular complexity index is 825. The molecule has 2 heterocycles. The molecule has 1 aromatic carbocycles. The molecule has 0 bridgehead atoms. The van der Waals surface area contributed by atoms with Crippen LogP contribution in [0.4, 0.5) is 8.78 Å². The summed E-state index contributed by atoms with van der Waals surface area (Å²) in [4.78, 5) is 12.9. The van der Waals surface area contributed by atoms with Crippen molar-refractivity contribution in [2.24, 2.45) is 0 Å². The third-order valence-corrected chi connectivity index (χ3v) is 3.09. The van der Waals surface area contributed by atoms with Gasteiger partial charge < -0.3 is 4.74 Å². The van der Waals surface area contributed by atoms with Gasteiger partial charge in [-0.25, -0.2) is 14.4 Å². The van der Waals surface area contributed by atoms with Gasteiger partial charge in [-0.1, -0.05) is 12.1 Å². The first-order valence-corrected chi connectivity index (χ1v) is 6.96. The Hall–Kier alpha value is -2.89. The van der Waals surface area contributed by atoms with E-state index < -0.39 is 11.6 Å². The molecule has 116 valence electrons. The van der Waals surface area contributed by atoms with Gasteiger partial charge in [-0.15, -0.1) is 0 Å². The van der Waals surface area contributed by atoms with Gasteiger partial charge in [0.05, 0.1) is 5.69 Å². The average Bonchev–Trinajstić information content (AvgIpc) is 2.56. The van der Waals surface area contributed by atoms with Crippen molar-refractivity contribution in [2.75, 3.05) is 0 Å². The van der Waals surface area contributed by atoms with Crippen molar-refractivity contribution < 1.29 is 13.5 Å². The first-order chi connectivity index (χ1) is 11.1. The topological polar surface area (TPSA) is 47.9 Å². The van der Waals surface area contributed by atoms with Crippen LogP contribution in [0.15, 0.2) is 48.7 Å². The standard InChI is InChI=1S/C17H13F2N3O/c1-11-9-12(10-23-15-7-4-5-13(18)16(15)19)22-17(21-11)14-6-2-3-8-20-14/h2-9H,10H2,1H3. The zero-order chi connectivity index (χ0) is 16.2. The van der Waals surface area contributed by atoms with Crippen LogP contribution < -0.4 is 4.74 Å². The lowest BCUT2D eigenvalue weighted by atomic mass is 10.3. The molecule has 3 aromatic rings. The molecule has 4 nitrogen and oxygen atoms in total. The largest absolute Gasteiger partial charge is 0.484 e. The number of hydrogen-bond acceptors (Lipinski definition) is 4. The van der Waals surface area contributed by atoms with Gasteiger partial charge in [0.2, 0.25) is 5.82 Å². The second-order valence-electron chi connectivity index (χ2n) is 4.88. The Balaban J connectivity index is 1.83. The van der Waals surface area contributed by atoms with Gasteiger partial charge in [-0.3, -0.25) is 4.98 Å². The van der Waals surface area contributed by atoms with E-state index >= 15 is 0 Å². The Morgan fingerprint density at radius 2 is 1.91 bits per heavy atom. The second-order valence-corrected chi connectivity index (χ2v) is 4.88. The van der Waals surface area contributed by atoms with Crippen LogP contribution in [0, 0.1) is 18.6 Å². The van der Waals surface area contributed by atoms with Crippen molar-refractivity contribution in [3.63, 3.8) is 0 Å². The molecule has 0 atom stereocenters. The van der Waals surface area contributed by atoms with Crippen molar-refractivity contribution in [2.45, 2.75) is 13.5 Å². The molecule has 2 aromatic heterocycles. The summed E-state index contributed by atoms with van der Waals surface area (Å²) in [6.45, 7) is 1.82. The predicted octanol–water partition coefficient (Wildman–Crippen LogP) is 3.70. The number of rotatable bonds is 4. The van der Waals surface area contributed by atoms with Gasteiger partial charge >= 0.3 is 0 Å². The maximum absolute atomic E-state index is 13.6. The van der Waals surface area contributed by atoms with Gasteiger partial charge in [0.25, 0.3) is 0 Å². The van der Waals surface area contributed by atoms with E-state index in [0.29, 0.717) is 17.2 Å². The van der Waals surface area contributed by atoms with Gasteiger partial charge in [0.1, 0.15) is 12.3 Å². The lowest BCUT2D eigenvalue weighted by Gasteiger charge is -2.09. The summed E-state index contributed by atoms with van der Waals surface area (Å²) in [5.41, 5.74) is 1.93. The van der Waals surface area contributed by atoms with Gasteiger partial charge in [0.15, 0.2) is 17.4 Å². The maximum Gasteiger partial charge on any atom is 0.200 e. The fourth-order valence-electron chi connectivity index (χ4n) is 2.06. The number of hydrogen-bond donors (Lipinski definition) is 0. The molecule has 0 fully saturated rings. The summed E-state index contributed by atoms with van der Waals surface area (Å²) < 4.78 is 32.1. The van der Waals surface area contributed by atoms with Gasteiger partial charge in [0, 0.05) is 11.9 Å². The Morgan fingerprint density at radius 3 is 2.70 bits per heavy atom. The predicted molar refractivity (Wildman–Crippen MR) is 80.7 cm³/mol.